The van der Waals surface area contributed by atoms with E-state index in [1.807, 2.05) is 0 Å². The Morgan fingerprint density at radius 3 is 1.89 bits per heavy atom. The SMILES string of the molecule is Clc1cc[c]cc1.[AlH3].[MgH2]. The molecule has 1 aromatic carbocycles. The molecule has 1 rings (SSSR count). The van der Waals surface area contributed by atoms with Gasteiger partial charge in [-0.2, -0.15) is 0 Å². The summed E-state index contributed by atoms with van der Waals surface area (Å²) in [5.41, 5.74) is 0. The molecule has 0 unspecified atom stereocenters. The van der Waals surface area contributed by atoms with Gasteiger partial charge in [-0.05, 0) is 18.2 Å². The highest BCUT2D eigenvalue weighted by Gasteiger charge is 1.75. The number of hydrogen-bond donors (Lipinski definition) is 0. The van der Waals surface area contributed by atoms with Crippen LogP contribution >= 0.6 is 11.6 Å². The predicted molar refractivity (Wildman–Crippen MR) is 48.8 cm³/mol. The number of halogens is 1. The van der Waals surface area contributed by atoms with Gasteiger partial charge in [0.15, 0.2) is 17.4 Å². The van der Waals surface area contributed by atoms with Crippen molar-refractivity contribution in [1.29, 1.82) is 0 Å². The van der Waals surface area contributed by atoms with Crippen molar-refractivity contribution in [2.45, 2.75) is 0 Å². The molecule has 0 aromatic heterocycles. The zero-order chi connectivity index (χ0) is 5.11. The van der Waals surface area contributed by atoms with E-state index in [9.17, 15) is 0 Å². The molecule has 0 atom stereocenters. The minimum atomic E-state index is 0. The fourth-order valence-corrected chi connectivity index (χ4v) is 0.493. The molecule has 1 aromatic rings. The molecule has 0 aliphatic carbocycles. The summed E-state index contributed by atoms with van der Waals surface area (Å²) in [6, 6.07) is 10.00. The van der Waals surface area contributed by atoms with E-state index in [0.717, 1.165) is 5.02 Å². The predicted octanol–water partition coefficient (Wildman–Crippen LogP) is 0.0401. The quantitative estimate of drug-likeness (QED) is 0.479. The highest BCUT2D eigenvalue weighted by Crippen LogP contribution is 2.03. The van der Waals surface area contributed by atoms with Crippen LogP contribution in [0.15, 0.2) is 24.3 Å². The average Bonchev–Trinajstić information content (AvgIpc) is 1.69. The third-order valence-electron chi connectivity index (χ3n) is 0.678. The largest absolute Gasteiger partial charge is 0.316 e. The van der Waals surface area contributed by atoms with Gasteiger partial charge in [-0.25, -0.2) is 0 Å². The first kappa shape index (κ1) is 12.5. The molecule has 0 saturated heterocycles. The Hall–Kier alpha value is 0.809. The van der Waals surface area contributed by atoms with E-state index >= 15 is 0 Å². The second kappa shape index (κ2) is 6.92. The van der Waals surface area contributed by atoms with Crippen LogP contribution in [-0.2, 0) is 0 Å². The molecule has 0 aliphatic heterocycles. The summed E-state index contributed by atoms with van der Waals surface area (Å²) in [5, 5.41) is 0.763. The maximum atomic E-state index is 5.52. The molecule has 0 spiro atoms. The molecule has 0 aliphatic rings. The summed E-state index contributed by atoms with van der Waals surface area (Å²) < 4.78 is 0. The van der Waals surface area contributed by atoms with Crippen LogP contribution in [0.4, 0.5) is 0 Å². The van der Waals surface area contributed by atoms with Gasteiger partial charge in [0, 0.05) is 5.02 Å². The van der Waals surface area contributed by atoms with E-state index in [-0.39, 0.29) is 40.4 Å². The first-order valence-corrected chi connectivity index (χ1v) is 2.39. The van der Waals surface area contributed by atoms with Gasteiger partial charge in [0.1, 0.15) is 0 Å². The van der Waals surface area contributed by atoms with Gasteiger partial charge in [-0.1, -0.05) is 23.7 Å². The molecule has 0 fully saturated rings. The van der Waals surface area contributed by atoms with Crippen molar-refractivity contribution in [3.05, 3.63) is 35.4 Å². The van der Waals surface area contributed by atoms with Gasteiger partial charge >= 0.3 is 23.1 Å². The number of hydrogen-bond acceptors (Lipinski definition) is 0. The fourth-order valence-electron chi connectivity index (χ4n) is 0.367. The van der Waals surface area contributed by atoms with Crippen LogP contribution in [0, 0.1) is 6.07 Å². The monoisotopic (exact) mass is 167 g/mol. The second-order valence-corrected chi connectivity index (χ2v) is 1.65. The normalized spacial score (nSPS) is 6.78. The molecule has 3 heteroatoms. The van der Waals surface area contributed by atoms with Gasteiger partial charge in [0.05, 0.1) is 0 Å². The summed E-state index contributed by atoms with van der Waals surface area (Å²) >= 11 is 5.52. The Morgan fingerprint density at radius 2 is 1.67 bits per heavy atom. The highest BCUT2D eigenvalue weighted by molar-refractivity contribution is 6.30. The van der Waals surface area contributed by atoms with Crippen LogP contribution in [0.2, 0.25) is 5.02 Å². The van der Waals surface area contributed by atoms with Crippen LogP contribution < -0.4 is 0 Å². The van der Waals surface area contributed by atoms with Gasteiger partial charge < -0.3 is 0 Å². The minimum Gasteiger partial charge on any atom is -0.0843 e. The molecular weight excluding hydrogens is 159 g/mol. The minimum absolute atomic E-state index is 0. The number of benzene rings is 1. The lowest BCUT2D eigenvalue weighted by Crippen LogP contribution is -1.56. The van der Waals surface area contributed by atoms with Gasteiger partial charge in [0.2, 0.25) is 0 Å². The lowest BCUT2D eigenvalue weighted by atomic mass is 10.4. The van der Waals surface area contributed by atoms with Gasteiger partial charge in [0.25, 0.3) is 0 Å². The first-order valence-electron chi connectivity index (χ1n) is 2.01. The van der Waals surface area contributed by atoms with Crippen molar-refractivity contribution in [3.8, 4) is 0 Å². The van der Waals surface area contributed by atoms with E-state index in [1.165, 1.54) is 0 Å². The summed E-state index contributed by atoms with van der Waals surface area (Å²) in [6.07, 6.45) is 0. The first-order chi connectivity index (χ1) is 3.39. The average molecular weight is 168 g/mol. The Labute approximate surface area is 86.9 Å². The van der Waals surface area contributed by atoms with Crippen LogP contribution in [0.25, 0.3) is 0 Å². The van der Waals surface area contributed by atoms with Crippen molar-refractivity contribution in [2.75, 3.05) is 0 Å². The second-order valence-electron chi connectivity index (χ2n) is 1.22. The van der Waals surface area contributed by atoms with Gasteiger partial charge in [-0.15, -0.1) is 0 Å². The van der Waals surface area contributed by atoms with E-state index in [4.69, 9.17) is 11.6 Å². The molecule has 1 radical (unpaired) electrons. The summed E-state index contributed by atoms with van der Waals surface area (Å²) in [5.74, 6) is 0. The summed E-state index contributed by atoms with van der Waals surface area (Å²) in [4.78, 5) is 0. The third-order valence-corrected chi connectivity index (χ3v) is 0.930. The van der Waals surface area contributed by atoms with Crippen molar-refractivity contribution in [3.63, 3.8) is 0 Å². The van der Waals surface area contributed by atoms with Crippen LogP contribution in [0.5, 0.6) is 0 Å². The maximum absolute atomic E-state index is 5.52. The molecule has 0 amide bonds. The number of rotatable bonds is 0. The molecule has 0 N–H and O–H groups in total. The smallest absolute Gasteiger partial charge is 0.0843 e. The van der Waals surface area contributed by atoms with E-state index in [2.05, 4.69) is 6.07 Å². The van der Waals surface area contributed by atoms with Crippen molar-refractivity contribution in [1.82, 2.24) is 0 Å². The molecule has 0 heterocycles. The Balaban J connectivity index is 0. The van der Waals surface area contributed by atoms with Crippen molar-refractivity contribution >= 4 is 52.0 Å². The van der Waals surface area contributed by atoms with Crippen LogP contribution in [-0.4, -0.2) is 40.4 Å². The highest BCUT2D eigenvalue weighted by atomic mass is 35.5. The van der Waals surface area contributed by atoms with Gasteiger partial charge in [-0.3, -0.25) is 0 Å². The lowest BCUT2D eigenvalue weighted by Gasteiger charge is -1.79. The van der Waals surface area contributed by atoms with Crippen LogP contribution in [0.3, 0.4) is 0 Å². The Bertz CT molecular complexity index is 143. The topological polar surface area (TPSA) is 0 Å². The fraction of sp³-hybridized carbons (Fsp3) is 0. The maximum Gasteiger partial charge on any atom is 0.316 e. The Kier molecular flexibility index (Phi) is 9.60. The third kappa shape index (κ3) is 5.26. The summed E-state index contributed by atoms with van der Waals surface area (Å²) in [7, 11) is 0. The zero-order valence-electron chi connectivity index (χ0n) is 3.69. The van der Waals surface area contributed by atoms with Crippen molar-refractivity contribution in [2.24, 2.45) is 0 Å². The van der Waals surface area contributed by atoms with Crippen molar-refractivity contribution < 1.29 is 0 Å². The standard InChI is InChI=1S/C6H4Cl.Al.Mg.5H/c7-6-4-2-1-3-5-6;;;;;;;/h2-5H;;;;;;;. The zero-order valence-corrected chi connectivity index (χ0v) is 4.44. The van der Waals surface area contributed by atoms with E-state index in [1.54, 1.807) is 24.3 Å². The molecule has 0 saturated carbocycles. The van der Waals surface area contributed by atoms with E-state index < -0.39 is 0 Å². The molecule has 0 bridgehead atoms. The molecule has 45 valence electrons. The molecular formula is C6H9AlClMg. The Morgan fingerprint density at radius 1 is 1.22 bits per heavy atom. The lowest BCUT2D eigenvalue weighted by molar-refractivity contribution is 1.69. The van der Waals surface area contributed by atoms with Crippen LogP contribution in [0.1, 0.15) is 0 Å². The molecule has 0 nitrogen and oxygen atoms in total. The molecule has 9 heavy (non-hydrogen) atoms. The summed E-state index contributed by atoms with van der Waals surface area (Å²) in [6.45, 7) is 0. The van der Waals surface area contributed by atoms with E-state index in [0.29, 0.717) is 0 Å².